The van der Waals surface area contributed by atoms with Gasteiger partial charge in [0.15, 0.2) is 17.2 Å². The topological polar surface area (TPSA) is 99.5 Å². The standard InChI is InChI=1S/C19H10Cl2F2N6O/c20-10-4-9(7-24)5-11(6-10)30-16-14(21)17(23)27-19(15(16)22)26-8-13-12-2-1-3-25-18(12)29-28-13/h1-6H,8H2,(H,26,27)(H,25,28,29). The van der Waals surface area contributed by atoms with E-state index in [-0.39, 0.29) is 22.9 Å². The van der Waals surface area contributed by atoms with E-state index in [0.29, 0.717) is 11.3 Å². The van der Waals surface area contributed by atoms with E-state index in [1.807, 2.05) is 6.07 Å². The van der Waals surface area contributed by atoms with Gasteiger partial charge >= 0.3 is 0 Å². The number of rotatable bonds is 5. The van der Waals surface area contributed by atoms with Gasteiger partial charge in [0.2, 0.25) is 11.8 Å². The first-order valence-electron chi connectivity index (χ1n) is 8.41. The number of hydrogen-bond acceptors (Lipinski definition) is 6. The molecule has 0 amide bonds. The molecule has 0 saturated carbocycles. The van der Waals surface area contributed by atoms with Crippen LogP contribution in [0.3, 0.4) is 0 Å². The third-order valence-electron chi connectivity index (χ3n) is 4.06. The molecule has 0 aliphatic rings. The number of halogens is 4. The van der Waals surface area contributed by atoms with E-state index >= 15 is 0 Å². The molecule has 150 valence electrons. The largest absolute Gasteiger partial charge is 0.452 e. The van der Waals surface area contributed by atoms with E-state index in [4.69, 9.17) is 33.2 Å². The van der Waals surface area contributed by atoms with Crippen LogP contribution in [0.1, 0.15) is 11.3 Å². The van der Waals surface area contributed by atoms with Crippen molar-refractivity contribution in [1.82, 2.24) is 20.2 Å². The number of aromatic amines is 1. The van der Waals surface area contributed by atoms with Crippen molar-refractivity contribution in [2.45, 2.75) is 6.54 Å². The van der Waals surface area contributed by atoms with Gasteiger partial charge in [0.05, 0.1) is 23.9 Å². The second-order valence-corrected chi connectivity index (χ2v) is 6.84. The molecular formula is C19H10Cl2F2N6O. The molecule has 7 nitrogen and oxygen atoms in total. The third-order valence-corrected chi connectivity index (χ3v) is 4.60. The molecule has 3 aromatic heterocycles. The molecule has 11 heteroatoms. The van der Waals surface area contributed by atoms with Gasteiger partial charge in [-0.25, -0.2) is 4.98 Å². The number of hydrogen-bond donors (Lipinski definition) is 2. The van der Waals surface area contributed by atoms with Crippen LogP contribution in [0.25, 0.3) is 11.0 Å². The first-order valence-corrected chi connectivity index (χ1v) is 9.16. The predicted molar refractivity (Wildman–Crippen MR) is 107 cm³/mol. The number of anilines is 1. The molecule has 1 aromatic carbocycles. The van der Waals surface area contributed by atoms with Gasteiger partial charge in [-0.2, -0.15) is 24.1 Å². The highest BCUT2D eigenvalue weighted by Gasteiger charge is 2.22. The van der Waals surface area contributed by atoms with Crippen molar-refractivity contribution < 1.29 is 13.5 Å². The molecule has 0 aliphatic carbocycles. The average Bonchev–Trinajstić information content (AvgIpc) is 3.15. The van der Waals surface area contributed by atoms with Crippen molar-refractivity contribution >= 4 is 40.1 Å². The molecular weight excluding hydrogens is 437 g/mol. The molecule has 4 aromatic rings. The van der Waals surface area contributed by atoms with Crippen molar-refractivity contribution in [3.63, 3.8) is 0 Å². The number of nitrogens with zero attached hydrogens (tertiary/aromatic N) is 4. The van der Waals surface area contributed by atoms with Gasteiger partial charge in [0, 0.05) is 16.6 Å². The summed E-state index contributed by atoms with van der Waals surface area (Å²) in [5.41, 5.74) is 1.27. The maximum Gasteiger partial charge on any atom is 0.237 e. The molecule has 30 heavy (non-hydrogen) atoms. The lowest BCUT2D eigenvalue weighted by Gasteiger charge is -2.13. The zero-order valence-corrected chi connectivity index (χ0v) is 16.4. The van der Waals surface area contributed by atoms with E-state index in [0.717, 1.165) is 5.39 Å². The zero-order chi connectivity index (χ0) is 21.3. The fraction of sp³-hybridized carbons (Fsp3) is 0.0526. The van der Waals surface area contributed by atoms with Crippen LogP contribution in [0, 0.1) is 23.1 Å². The van der Waals surface area contributed by atoms with Crippen LogP contribution < -0.4 is 10.1 Å². The molecule has 0 radical (unpaired) electrons. The van der Waals surface area contributed by atoms with E-state index < -0.39 is 28.4 Å². The molecule has 2 N–H and O–H groups in total. The summed E-state index contributed by atoms with van der Waals surface area (Å²) >= 11 is 11.8. The van der Waals surface area contributed by atoms with Crippen molar-refractivity contribution in [3.8, 4) is 17.6 Å². The van der Waals surface area contributed by atoms with Crippen LogP contribution in [0.15, 0.2) is 36.5 Å². The Morgan fingerprint density at radius 3 is 2.87 bits per heavy atom. The Morgan fingerprint density at radius 1 is 1.23 bits per heavy atom. The minimum Gasteiger partial charge on any atom is -0.452 e. The summed E-state index contributed by atoms with van der Waals surface area (Å²) in [5.74, 6) is -3.15. The molecule has 0 unspecified atom stereocenters. The zero-order valence-electron chi connectivity index (χ0n) is 14.9. The fourth-order valence-electron chi connectivity index (χ4n) is 2.71. The van der Waals surface area contributed by atoms with Crippen LogP contribution in [0.2, 0.25) is 10.0 Å². The fourth-order valence-corrected chi connectivity index (χ4v) is 3.10. The lowest BCUT2D eigenvalue weighted by molar-refractivity contribution is 0.432. The number of ether oxygens (including phenoxy) is 1. The Morgan fingerprint density at radius 2 is 2.07 bits per heavy atom. The third kappa shape index (κ3) is 3.83. The number of nitrogens with one attached hydrogen (secondary N) is 2. The Balaban J connectivity index is 1.65. The van der Waals surface area contributed by atoms with Crippen LogP contribution in [-0.2, 0) is 6.54 Å². The molecule has 0 fully saturated rings. The smallest absolute Gasteiger partial charge is 0.237 e. The summed E-state index contributed by atoms with van der Waals surface area (Å²) in [6.07, 6.45) is 1.60. The van der Waals surface area contributed by atoms with Crippen LogP contribution >= 0.6 is 23.2 Å². The second kappa shape index (κ2) is 8.10. The van der Waals surface area contributed by atoms with Crippen LogP contribution in [0.4, 0.5) is 14.6 Å². The van der Waals surface area contributed by atoms with E-state index in [1.165, 1.54) is 18.2 Å². The predicted octanol–water partition coefficient (Wildman–Crippen LogP) is 5.21. The van der Waals surface area contributed by atoms with Gasteiger partial charge in [-0.15, -0.1) is 0 Å². The number of pyridine rings is 2. The van der Waals surface area contributed by atoms with Gasteiger partial charge in [-0.3, -0.25) is 5.10 Å². The first-order chi connectivity index (χ1) is 14.5. The van der Waals surface area contributed by atoms with E-state index in [2.05, 4.69) is 25.5 Å². The number of H-pyrrole nitrogens is 1. The number of fused-ring (bicyclic) bond motifs is 1. The molecule has 0 saturated heterocycles. The van der Waals surface area contributed by atoms with Gasteiger partial charge in [0.1, 0.15) is 10.8 Å². The van der Waals surface area contributed by atoms with Crippen LogP contribution in [0.5, 0.6) is 11.5 Å². The van der Waals surface area contributed by atoms with Gasteiger partial charge < -0.3 is 10.1 Å². The Labute approximate surface area is 178 Å². The highest BCUT2D eigenvalue weighted by Crippen LogP contribution is 2.37. The number of benzene rings is 1. The minimum absolute atomic E-state index is 0.0146. The molecule has 0 atom stereocenters. The van der Waals surface area contributed by atoms with E-state index in [9.17, 15) is 8.78 Å². The summed E-state index contributed by atoms with van der Waals surface area (Å²) in [6.45, 7) is 0.0336. The van der Waals surface area contributed by atoms with Crippen molar-refractivity contribution in [1.29, 1.82) is 5.26 Å². The average molecular weight is 447 g/mol. The summed E-state index contributed by atoms with van der Waals surface area (Å²) in [4.78, 5) is 7.62. The number of aromatic nitrogens is 4. The Hall–Kier alpha value is -3.48. The highest BCUT2D eigenvalue weighted by atomic mass is 35.5. The SMILES string of the molecule is N#Cc1cc(Cl)cc(Oc2c(F)c(NCc3n[nH]c4ncccc34)nc(F)c2Cl)c1. The van der Waals surface area contributed by atoms with Gasteiger partial charge in [-0.1, -0.05) is 23.2 Å². The molecule has 4 rings (SSSR count). The first kappa shape index (κ1) is 19.8. The van der Waals surface area contributed by atoms with Crippen molar-refractivity contribution in [2.75, 3.05) is 5.32 Å². The molecule has 0 aliphatic heterocycles. The van der Waals surface area contributed by atoms with Crippen LogP contribution in [-0.4, -0.2) is 20.2 Å². The Bertz CT molecular complexity index is 1300. The lowest BCUT2D eigenvalue weighted by Crippen LogP contribution is -2.07. The summed E-state index contributed by atoms with van der Waals surface area (Å²) < 4.78 is 34.6. The highest BCUT2D eigenvalue weighted by molar-refractivity contribution is 6.32. The van der Waals surface area contributed by atoms with Crippen molar-refractivity contribution in [2.24, 2.45) is 0 Å². The number of nitriles is 1. The molecule has 0 bridgehead atoms. The maximum absolute atomic E-state index is 15.0. The lowest BCUT2D eigenvalue weighted by atomic mass is 10.2. The minimum atomic E-state index is -1.13. The van der Waals surface area contributed by atoms with Crippen molar-refractivity contribution in [3.05, 3.63) is 69.6 Å². The Kier molecular flexibility index (Phi) is 5.35. The molecule has 3 heterocycles. The molecule has 0 spiro atoms. The maximum atomic E-state index is 15.0. The van der Waals surface area contributed by atoms with E-state index in [1.54, 1.807) is 18.3 Å². The van der Waals surface area contributed by atoms with Gasteiger partial charge in [0.25, 0.3) is 0 Å². The van der Waals surface area contributed by atoms with Gasteiger partial charge in [-0.05, 0) is 30.3 Å². The normalized spacial score (nSPS) is 10.8. The summed E-state index contributed by atoms with van der Waals surface area (Å²) in [5, 5.41) is 18.8. The quantitative estimate of drug-likeness (QED) is 0.408. The monoisotopic (exact) mass is 446 g/mol. The second-order valence-electron chi connectivity index (χ2n) is 6.02. The summed E-state index contributed by atoms with van der Waals surface area (Å²) in [6, 6.07) is 9.46. The summed E-state index contributed by atoms with van der Waals surface area (Å²) in [7, 11) is 0.